The van der Waals surface area contributed by atoms with Crippen molar-refractivity contribution in [2.75, 3.05) is 0 Å². The Balaban J connectivity index is 2.13. The van der Waals surface area contributed by atoms with Gasteiger partial charge in [-0.1, -0.05) is 84.9 Å². The Morgan fingerprint density at radius 1 is 0.553 bits per heavy atom. The van der Waals surface area contributed by atoms with Gasteiger partial charge in [0.2, 0.25) is 0 Å². The summed E-state index contributed by atoms with van der Waals surface area (Å²) >= 11 is 0. The second-order valence-corrected chi connectivity index (χ2v) is 19.9. The molecule has 4 nitrogen and oxygen atoms in total. The van der Waals surface area contributed by atoms with Crippen molar-refractivity contribution in [3.8, 4) is 0 Å². The van der Waals surface area contributed by atoms with E-state index in [2.05, 4.69) is 54.5 Å². The number of Topliss-reactive ketones (excluding diaryl/α,β-unsaturated/α-hetero) is 2. The van der Waals surface area contributed by atoms with E-state index in [1.54, 1.807) is 0 Å². The fourth-order valence-corrected chi connectivity index (χ4v) is 11.0. The van der Waals surface area contributed by atoms with Gasteiger partial charge < -0.3 is 8.85 Å². The predicted octanol–water partition coefficient (Wildman–Crippen LogP) is 8.81. The third kappa shape index (κ3) is 4.56. The molecule has 2 aromatic rings. The van der Waals surface area contributed by atoms with Crippen LogP contribution in [0.3, 0.4) is 0 Å². The molecule has 0 atom stereocenters. The second-order valence-electron chi connectivity index (χ2n) is 10.5. The lowest BCUT2D eigenvalue weighted by atomic mass is 9.76. The molecule has 0 saturated carbocycles. The molecule has 0 fully saturated rings. The molecule has 6 heteroatoms. The maximum absolute atomic E-state index is 14.4. The first-order valence-corrected chi connectivity index (χ1v) is 19.5. The molecule has 0 spiro atoms. The molecular weight excluding hydrogens is 505 g/mol. The SMILES string of the molecule is CCc1ccc2c(c1)C(=O)C1=C(O[Si](CC)(CC)CC)c3ccccc3C(=O)C1=C2O[Si](CC)(CC)CC. The molecule has 0 N–H and O–H groups in total. The average Bonchev–Trinajstić information content (AvgIpc) is 2.97. The lowest BCUT2D eigenvalue weighted by Crippen LogP contribution is -2.39. The predicted molar refractivity (Wildman–Crippen MR) is 161 cm³/mol. The van der Waals surface area contributed by atoms with Gasteiger partial charge >= 0.3 is 0 Å². The monoisotopic (exact) mass is 546 g/mol. The first-order valence-electron chi connectivity index (χ1n) is 14.5. The Bertz CT molecular complexity index is 1300. The average molecular weight is 547 g/mol. The van der Waals surface area contributed by atoms with Crippen molar-refractivity contribution in [1.82, 2.24) is 0 Å². The van der Waals surface area contributed by atoms with Crippen LogP contribution in [0.2, 0.25) is 36.3 Å². The highest BCUT2D eigenvalue weighted by atomic mass is 28.4. The number of hydrogen-bond acceptors (Lipinski definition) is 4. The summed E-state index contributed by atoms with van der Waals surface area (Å²) in [5.41, 5.74) is 4.59. The minimum absolute atomic E-state index is 0.126. The van der Waals surface area contributed by atoms with Gasteiger partial charge in [-0.15, -0.1) is 0 Å². The quantitative estimate of drug-likeness (QED) is 0.264. The molecule has 4 rings (SSSR count). The normalized spacial score (nSPS) is 15.3. The molecule has 2 aromatic carbocycles. The number of fused-ring (bicyclic) bond motifs is 3. The number of carbonyl (C=O) groups excluding carboxylic acids is 2. The van der Waals surface area contributed by atoms with Crippen LogP contribution in [0.15, 0.2) is 53.6 Å². The van der Waals surface area contributed by atoms with Gasteiger partial charge in [-0.05, 0) is 54.3 Å². The first kappa shape index (κ1) is 28.3. The zero-order valence-corrected chi connectivity index (χ0v) is 26.1. The standard InChI is InChI=1S/C32H42O4Si2/c1-8-22-19-20-25-26(21-22)30(34)28-27(32(25)36-38(12-5,13-6)14-7)29(33)23-17-15-16-18-24(23)31(28)35-37(9-2,10-3)11-4/h15-21H,8-14H2,1-7H3. The van der Waals surface area contributed by atoms with Gasteiger partial charge in [-0.3, -0.25) is 9.59 Å². The van der Waals surface area contributed by atoms with E-state index in [1.807, 2.05) is 36.4 Å². The van der Waals surface area contributed by atoms with Crippen molar-refractivity contribution in [1.29, 1.82) is 0 Å². The van der Waals surface area contributed by atoms with E-state index in [1.165, 1.54) is 0 Å². The van der Waals surface area contributed by atoms with Crippen LogP contribution in [0, 0.1) is 0 Å². The Labute approximate surface area is 230 Å². The zero-order chi connectivity index (χ0) is 27.7. The summed E-state index contributed by atoms with van der Waals surface area (Å²) in [5, 5.41) is 0. The van der Waals surface area contributed by atoms with Gasteiger partial charge in [0.05, 0.1) is 11.1 Å². The summed E-state index contributed by atoms with van der Waals surface area (Å²) in [5.74, 6) is 0.910. The number of rotatable bonds is 11. The highest BCUT2D eigenvalue weighted by Crippen LogP contribution is 2.47. The molecular formula is C32H42O4Si2. The van der Waals surface area contributed by atoms with Crippen LogP contribution in [0.5, 0.6) is 0 Å². The molecule has 2 aliphatic carbocycles. The highest BCUT2D eigenvalue weighted by molar-refractivity contribution is 6.75. The number of aryl methyl sites for hydroxylation is 1. The summed E-state index contributed by atoms with van der Waals surface area (Å²) in [4.78, 5) is 28.7. The molecule has 0 amide bonds. The Morgan fingerprint density at radius 3 is 1.42 bits per heavy atom. The summed E-state index contributed by atoms with van der Waals surface area (Å²) in [7, 11) is -4.36. The molecule has 2 aliphatic rings. The van der Waals surface area contributed by atoms with E-state index < -0.39 is 16.6 Å². The molecule has 0 unspecified atom stereocenters. The first-order chi connectivity index (χ1) is 18.3. The largest absolute Gasteiger partial charge is 0.543 e. The third-order valence-electron chi connectivity index (χ3n) is 9.06. The number of allylic oxidation sites excluding steroid dienone is 2. The van der Waals surface area contributed by atoms with Crippen LogP contribution in [-0.2, 0) is 15.3 Å². The van der Waals surface area contributed by atoms with Crippen LogP contribution in [0.25, 0.3) is 11.5 Å². The number of hydrogen-bond donors (Lipinski definition) is 0. The smallest absolute Gasteiger partial charge is 0.250 e. The summed E-state index contributed by atoms with van der Waals surface area (Å²) in [6, 6.07) is 19.3. The van der Waals surface area contributed by atoms with E-state index in [4.69, 9.17) is 8.85 Å². The molecule has 0 aliphatic heterocycles. The molecule has 0 aromatic heterocycles. The fourth-order valence-electron chi connectivity index (χ4n) is 5.85. The summed E-state index contributed by atoms with van der Waals surface area (Å²) in [6.45, 7) is 15.2. The molecule has 0 radical (unpaired) electrons. The molecule has 0 bridgehead atoms. The highest BCUT2D eigenvalue weighted by Gasteiger charge is 2.46. The van der Waals surface area contributed by atoms with Crippen molar-refractivity contribution >= 4 is 39.7 Å². The lowest BCUT2D eigenvalue weighted by molar-refractivity contribution is 0.0988. The van der Waals surface area contributed by atoms with Gasteiger partial charge in [0.25, 0.3) is 16.6 Å². The van der Waals surface area contributed by atoms with Gasteiger partial charge in [-0.25, -0.2) is 0 Å². The van der Waals surface area contributed by atoms with Crippen LogP contribution < -0.4 is 0 Å². The van der Waals surface area contributed by atoms with E-state index in [0.717, 1.165) is 59.4 Å². The molecule has 38 heavy (non-hydrogen) atoms. The van der Waals surface area contributed by atoms with Crippen LogP contribution in [0.1, 0.15) is 85.9 Å². The summed E-state index contributed by atoms with van der Waals surface area (Å²) < 4.78 is 14.1. The maximum Gasteiger partial charge on any atom is 0.250 e. The molecule has 0 heterocycles. The van der Waals surface area contributed by atoms with E-state index >= 15 is 0 Å². The van der Waals surface area contributed by atoms with Gasteiger partial charge in [0, 0.05) is 22.3 Å². The number of ketones is 2. The van der Waals surface area contributed by atoms with Crippen molar-refractivity contribution in [3.63, 3.8) is 0 Å². The minimum Gasteiger partial charge on any atom is -0.543 e. The Hall–Kier alpha value is -2.71. The van der Waals surface area contributed by atoms with Crippen molar-refractivity contribution in [2.45, 2.75) is 91.2 Å². The molecule has 0 saturated heterocycles. The lowest BCUT2D eigenvalue weighted by Gasteiger charge is -2.38. The topological polar surface area (TPSA) is 52.6 Å². The van der Waals surface area contributed by atoms with E-state index in [-0.39, 0.29) is 11.6 Å². The zero-order valence-electron chi connectivity index (χ0n) is 24.1. The van der Waals surface area contributed by atoms with Crippen molar-refractivity contribution < 1.29 is 18.4 Å². The van der Waals surface area contributed by atoms with Crippen LogP contribution in [0.4, 0.5) is 0 Å². The number of benzene rings is 2. The minimum atomic E-state index is -2.18. The Kier molecular flexibility index (Phi) is 8.33. The third-order valence-corrected chi connectivity index (χ3v) is 18.1. The summed E-state index contributed by atoms with van der Waals surface area (Å²) in [6.07, 6.45) is 0.826. The Morgan fingerprint density at radius 2 is 0.974 bits per heavy atom. The van der Waals surface area contributed by atoms with E-state index in [0.29, 0.717) is 33.8 Å². The van der Waals surface area contributed by atoms with Crippen LogP contribution >= 0.6 is 0 Å². The van der Waals surface area contributed by atoms with Crippen LogP contribution in [-0.4, -0.2) is 28.2 Å². The van der Waals surface area contributed by atoms with Crippen molar-refractivity contribution in [3.05, 3.63) is 81.4 Å². The van der Waals surface area contributed by atoms with Gasteiger partial charge in [-0.2, -0.15) is 0 Å². The second kappa shape index (κ2) is 11.2. The van der Waals surface area contributed by atoms with Crippen molar-refractivity contribution in [2.24, 2.45) is 0 Å². The maximum atomic E-state index is 14.4. The van der Waals surface area contributed by atoms with Gasteiger partial charge in [0.1, 0.15) is 11.5 Å². The fraction of sp³-hybridized carbons (Fsp3) is 0.438. The van der Waals surface area contributed by atoms with Gasteiger partial charge in [0.15, 0.2) is 11.6 Å². The molecule has 202 valence electrons. The van der Waals surface area contributed by atoms with E-state index in [9.17, 15) is 9.59 Å². The number of carbonyl (C=O) groups is 2.